The summed E-state index contributed by atoms with van der Waals surface area (Å²) in [5, 5.41) is 4.79. The highest BCUT2D eigenvalue weighted by molar-refractivity contribution is 9.10. The first kappa shape index (κ1) is 10.3. The topological polar surface area (TPSA) is 98.2 Å². The molecule has 1 aromatic carbocycles. The Morgan fingerprint density at radius 1 is 1.38 bits per heavy atom. The van der Waals surface area contributed by atoms with Gasteiger partial charge in [0.15, 0.2) is 0 Å². The maximum Gasteiger partial charge on any atom is 0.296 e. The Morgan fingerprint density at radius 3 is 2.54 bits per heavy atom. The Morgan fingerprint density at radius 2 is 2.00 bits per heavy atom. The summed E-state index contributed by atoms with van der Waals surface area (Å²) >= 11 is 3.15. The van der Waals surface area contributed by atoms with Gasteiger partial charge in [0.1, 0.15) is 0 Å². The van der Waals surface area contributed by atoms with Crippen molar-refractivity contribution < 1.29 is 8.42 Å². The first-order valence-electron chi connectivity index (χ1n) is 3.24. The van der Waals surface area contributed by atoms with Crippen LogP contribution in [0.4, 0.5) is 11.4 Å². The summed E-state index contributed by atoms with van der Waals surface area (Å²) in [5.41, 5.74) is 6.22. The van der Waals surface area contributed by atoms with E-state index in [1.807, 2.05) is 0 Å². The van der Waals surface area contributed by atoms with Crippen molar-refractivity contribution in [1.29, 1.82) is 0 Å². The second kappa shape index (κ2) is 3.52. The summed E-state index contributed by atoms with van der Waals surface area (Å²) in [5.74, 6) is 0. The molecule has 0 atom stereocenters. The summed E-state index contributed by atoms with van der Waals surface area (Å²) in [4.78, 5) is 0. The van der Waals surface area contributed by atoms with Crippen LogP contribution in [0.15, 0.2) is 22.7 Å². The maximum absolute atomic E-state index is 10.7. The molecule has 1 aromatic rings. The Kier molecular flexibility index (Phi) is 2.79. The summed E-state index contributed by atoms with van der Waals surface area (Å²) in [6, 6.07) is 4.73. The summed E-state index contributed by atoms with van der Waals surface area (Å²) < 4.78 is 24.0. The molecule has 5 nitrogen and oxygen atoms in total. The van der Waals surface area contributed by atoms with Crippen molar-refractivity contribution in [3.63, 3.8) is 0 Å². The third-order valence-corrected chi connectivity index (χ3v) is 2.44. The predicted molar refractivity (Wildman–Crippen MR) is 55.3 cm³/mol. The number of anilines is 2. The van der Waals surface area contributed by atoms with Crippen LogP contribution in [-0.2, 0) is 10.2 Å². The Balaban J connectivity index is 3.08. The fraction of sp³-hybridized carbons (Fsp3) is 0. The number of benzene rings is 1. The zero-order valence-electron chi connectivity index (χ0n) is 6.49. The van der Waals surface area contributed by atoms with Gasteiger partial charge in [0.25, 0.3) is 10.2 Å². The fourth-order valence-electron chi connectivity index (χ4n) is 0.774. The van der Waals surface area contributed by atoms with Gasteiger partial charge in [0.2, 0.25) is 0 Å². The molecule has 0 unspecified atom stereocenters. The van der Waals surface area contributed by atoms with Gasteiger partial charge >= 0.3 is 0 Å². The Hall–Kier alpha value is -0.790. The average molecular weight is 266 g/mol. The molecule has 0 fully saturated rings. The van der Waals surface area contributed by atoms with E-state index in [1.165, 1.54) is 6.07 Å². The van der Waals surface area contributed by atoms with Gasteiger partial charge < -0.3 is 5.73 Å². The van der Waals surface area contributed by atoms with E-state index in [0.29, 0.717) is 15.8 Å². The van der Waals surface area contributed by atoms with Gasteiger partial charge in [-0.15, -0.1) is 0 Å². The second-order valence-electron chi connectivity index (χ2n) is 2.39. The van der Waals surface area contributed by atoms with Crippen molar-refractivity contribution in [3.05, 3.63) is 22.7 Å². The lowest BCUT2D eigenvalue weighted by Crippen LogP contribution is -2.21. The van der Waals surface area contributed by atoms with Gasteiger partial charge in [-0.3, -0.25) is 4.72 Å². The molecule has 5 N–H and O–H groups in total. The van der Waals surface area contributed by atoms with Gasteiger partial charge in [-0.25, -0.2) is 5.14 Å². The number of hydrogen-bond donors (Lipinski definition) is 3. The summed E-state index contributed by atoms with van der Waals surface area (Å²) in [7, 11) is -3.75. The van der Waals surface area contributed by atoms with E-state index in [0.717, 1.165) is 0 Å². The molecule has 0 amide bonds. The van der Waals surface area contributed by atoms with Gasteiger partial charge in [0, 0.05) is 10.2 Å². The Bertz CT molecular complexity index is 418. The molecular weight excluding hydrogens is 258 g/mol. The van der Waals surface area contributed by atoms with Gasteiger partial charge in [0.05, 0.1) is 5.69 Å². The summed E-state index contributed by atoms with van der Waals surface area (Å²) in [6.45, 7) is 0. The van der Waals surface area contributed by atoms with Crippen molar-refractivity contribution in [1.82, 2.24) is 0 Å². The van der Waals surface area contributed by atoms with Crippen LogP contribution in [0.5, 0.6) is 0 Å². The normalized spacial score (nSPS) is 11.2. The number of rotatable bonds is 2. The van der Waals surface area contributed by atoms with Gasteiger partial charge in [-0.05, 0) is 34.1 Å². The van der Waals surface area contributed by atoms with Crippen molar-refractivity contribution >= 4 is 37.5 Å². The van der Waals surface area contributed by atoms with Crippen LogP contribution in [0.3, 0.4) is 0 Å². The molecule has 7 heteroatoms. The minimum Gasteiger partial charge on any atom is -0.399 e. The first-order valence-corrected chi connectivity index (χ1v) is 5.58. The van der Waals surface area contributed by atoms with Crippen LogP contribution in [0, 0.1) is 0 Å². The van der Waals surface area contributed by atoms with Crippen molar-refractivity contribution in [3.8, 4) is 0 Å². The van der Waals surface area contributed by atoms with Crippen LogP contribution in [-0.4, -0.2) is 8.42 Å². The molecule has 0 radical (unpaired) electrons. The highest BCUT2D eigenvalue weighted by atomic mass is 79.9. The van der Waals surface area contributed by atoms with Gasteiger partial charge in [-0.2, -0.15) is 8.42 Å². The molecule has 0 bridgehead atoms. The minimum atomic E-state index is -3.75. The van der Waals surface area contributed by atoms with E-state index in [4.69, 9.17) is 10.9 Å². The van der Waals surface area contributed by atoms with Crippen LogP contribution in [0.25, 0.3) is 0 Å². The first-order chi connectivity index (χ1) is 5.88. The molecule has 0 saturated carbocycles. The van der Waals surface area contributed by atoms with E-state index < -0.39 is 10.2 Å². The molecule has 72 valence electrons. The van der Waals surface area contributed by atoms with Crippen LogP contribution in [0.2, 0.25) is 0 Å². The maximum atomic E-state index is 10.7. The highest BCUT2D eigenvalue weighted by Crippen LogP contribution is 2.24. The standard InChI is InChI=1S/C6H8BrN3O2S/c7-5-2-1-4(8)3-6(5)10-13(9,11)12/h1-3,10H,8H2,(H2,9,11,12). The Labute approximate surface area is 84.4 Å². The highest BCUT2D eigenvalue weighted by Gasteiger charge is 2.05. The van der Waals surface area contributed by atoms with Crippen LogP contribution in [0.1, 0.15) is 0 Å². The second-order valence-corrected chi connectivity index (χ2v) is 4.53. The number of nitrogens with one attached hydrogen (secondary N) is 1. The molecule has 0 saturated heterocycles. The molecule has 0 aliphatic carbocycles. The average Bonchev–Trinajstić information content (AvgIpc) is 1.94. The summed E-state index contributed by atoms with van der Waals surface area (Å²) in [6.07, 6.45) is 0. The number of nitrogens with two attached hydrogens (primary N) is 2. The van der Waals surface area contributed by atoms with E-state index in [9.17, 15) is 8.42 Å². The third kappa shape index (κ3) is 3.21. The lowest BCUT2D eigenvalue weighted by atomic mass is 10.3. The van der Waals surface area contributed by atoms with E-state index in [-0.39, 0.29) is 0 Å². The lowest BCUT2D eigenvalue weighted by molar-refractivity contribution is 0.603. The molecule has 0 heterocycles. The third-order valence-electron chi connectivity index (χ3n) is 1.24. The van der Waals surface area contributed by atoms with Crippen LogP contribution >= 0.6 is 15.9 Å². The smallest absolute Gasteiger partial charge is 0.296 e. The molecule has 0 aliphatic heterocycles. The quantitative estimate of drug-likeness (QED) is 0.685. The number of hydrogen-bond acceptors (Lipinski definition) is 3. The molecule has 13 heavy (non-hydrogen) atoms. The largest absolute Gasteiger partial charge is 0.399 e. The minimum absolute atomic E-state index is 0.322. The van der Waals surface area contributed by atoms with Crippen molar-refractivity contribution in [2.24, 2.45) is 5.14 Å². The SMILES string of the molecule is Nc1ccc(Br)c(NS(N)(=O)=O)c1. The zero-order valence-corrected chi connectivity index (χ0v) is 8.89. The van der Waals surface area contributed by atoms with Crippen LogP contribution < -0.4 is 15.6 Å². The fourth-order valence-corrected chi connectivity index (χ4v) is 1.73. The molecule has 0 aromatic heterocycles. The monoisotopic (exact) mass is 265 g/mol. The molecule has 1 rings (SSSR count). The zero-order chi connectivity index (χ0) is 10.1. The molecule has 0 aliphatic rings. The van der Waals surface area contributed by atoms with E-state index in [2.05, 4.69) is 20.7 Å². The van der Waals surface area contributed by atoms with Crippen molar-refractivity contribution in [2.75, 3.05) is 10.5 Å². The van der Waals surface area contributed by atoms with Crippen molar-refractivity contribution in [2.45, 2.75) is 0 Å². The van der Waals surface area contributed by atoms with E-state index >= 15 is 0 Å². The lowest BCUT2D eigenvalue weighted by Gasteiger charge is -2.06. The number of nitrogen functional groups attached to an aromatic ring is 1. The number of halogens is 1. The predicted octanol–water partition coefficient (Wildman–Crippen LogP) is 0.647. The molecule has 0 spiro atoms. The van der Waals surface area contributed by atoms with Gasteiger partial charge in [-0.1, -0.05) is 0 Å². The van der Waals surface area contributed by atoms with E-state index in [1.54, 1.807) is 12.1 Å². The molecular formula is C6H8BrN3O2S.